The Morgan fingerprint density at radius 2 is 1.94 bits per heavy atom. The van der Waals surface area contributed by atoms with Gasteiger partial charge in [0.15, 0.2) is 0 Å². The van der Waals surface area contributed by atoms with Crippen LogP contribution in [0.15, 0.2) is 36.4 Å². The second-order valence-electron chi connectivity index (χ2n) is 4.16. The third-order valence-corrected chi connectivity index (χ3v) is 2.67. The monoisotopic (exact) mass is 248 g/mol. The van der Waals surface area contributed by atoms with Crippen LogP contribution in [-0.2, 0) is 4.79 Å². The summed E-state index contributed by atoms with van der Waals surface area (Å²) in [5.74, 6) is -0.964. The molecule has 0 fully saturated rings. The number of hydrogen-bond donors (Lipinski definition) is 1. The molecule has 2 aromatic rings. The lowest BCUT2D eigenvalue weighted by Gasteiger charge is -2.09. The van der Waals surface area contributed by atoms with Gasteiger partial charge >= 0.3 is 5.97 Å². The fraction of sp³-hybridized carbons (Fsp3) is 0.214. The molecule has 0 amide bonds. The lowest BCUT2D eigenvalue weighted by Crippen LogP contribution is -2.20. The Hall–Kier alpha value is -1.94. The van der Waals surface area contributed by atoms with Crippen molar-refractivity contribution in [2.24, 2.45) is 5.92 Å². The minimum Gasteiger partial charge on any atom is -0.426 e. The summed E-state index contributed by atoms with van der Waals surface area (Å²) in [6.45, 7) is 1.33. The van der Waals surface area contributed by atoms with Crippen molar-refractivity contribution >= 4 is 16.7 Å². The highest BCUT2D eigenvalue weighted by Gasteiger charge is 2.14. The molecule has 0 aliphatic heterocycles. The van der Waals surface area contributed by atoms with Crippen molar-refractivity contribution < 1.29 is 19.0 Å². The van der Waals surface area contributed by atoms with Gasteiger partial charge in [-0.25, -0.2) is 4.39 Å². The summed E-state index contributed by atoms with van der Waals surface area (Å²) in [6.07, 6.45) is 0. The molecule has 2 rings (SSSR count). The molecule has 0 aliphatic carbocycles. The van der Waals surface area contributed by atoms with Gasteiger partial charge in [0, 0.05) is 0 Å². The number of ether oxygens (including phenoxy) is 1. The van der Waals surface area contributed by atoms with Crippen molar-refractivity contribution in [2.45, 2.75) is 6.92 Å². The summed E-state index contributed by atoms with van der Waals surface area (Å²) in [5, 5.41) is 10.4. The van der Waals surface area contributed by atoms with Gasteiger partial charge in [-0.15, -0.1) is 0 Å². The summed E-state index contributed by atoms with van der Waals surface area (Å²) in [4.78, 5) is 11.5. The maximum atomic E-state index is 13.0. The van der Waals surface area contributed by atoms with Crippen molar-refractivity contribution in [3.8, 4) is 5.75 Å². The SMILES string of the molecule is CC(CO)C(=O)Oc1ccc2cc(F)ccc2c1. The van der Waals surface area contributed by atoms with Crippen LogP contribution in [0.1, 0.15) is 6.92 Å². The Kier molecular flexibility index (Phi) is 3.58. The van der Waals surface area contributed by atoms with E-state index in [2.05, 4.69) is 0 Å². The number of aliphatic hydroxyl groups is 1. The van der Waals surface area contributed by atoms with Gasteiger partial charge in [-0.3, -0.25) is 4.79 Å². The summed E-state index contributed by atoms with van der Waals surface area (Å²) >= 11 is 0. The van der Waals surface area contributed by atoms with Crippen molar-refractivity contribution in [1.82, 2.24) is 0 Å². The minimum atomic E-state index is -0.561. The highest BCUT2D eigenvalue weighted by molar-refractivity contribution is 5.85. The molecule has 0 saturated heterocycles. The molecule has 1 N–H and O–H groups in total. The van der Waals surface area contributed by atoms with Crippen LogP contribution < -0.4 is 4.74 Å². The first-order valence-corrected chi connectivity index (χ1v) is 5.62. The molecule has 3 nitrogen and oxygen atoms in total. The molecule has 2 aromatic carbocycles. The Labute approximate surface area is 104 Å². The Morgan fingerprint density at radius 1 is 1.28 bits per heavy atom. The van der Waals surface area contributed by atoms with Crippen LogP contribution in [0.4, 0.5) is 4.39 Å². The smallest absolute Gasteiger partial charge is 0.316 e. The zero-order chi connectivity index (χ0) is 13.1. The van der Waals surface area contributed by atoms with E-state index in [1.54, 1.807) is 31.2 Å². The van der Waals surface area contributed by atoms with Crippen LogP contribution in [0.2, 0.25) is 0 Å². The zero-order valence-electron chi connectivity index (χ0n) is 9.89. The van der Waals surface area contributed by atoms with Gasteiger partial charge in [0.25, 0.3) is 0 Å². The molecule has 4 heteroatoms. The van der Waals surface area contributed by atoms with Gasteiger partial charge in [-0.2, -0.15) is 0 Å². The normalized spacial score (nSPS) is 12.4. The van der Waals surface area contributed by atoms with E-state index in [1.807, 2.05) is 0 Å². The van der Waals surface area contributed by atoms with E-state index in [-0.39, 0.29) is 12.4 Å². The van der Waals surface area contributed by atoms with Gasteiger partial charge in [0.05, 0.1) is 12.5 Å². The third-order valence-electron chi connectivity index (χ3n) is 2.67. The Balaban J connectivity index is 2.25. The number of esters is 1. The van der Waals surface area contributed by atoms with Crippen molar-refractivity contribution in [1.29, 1.82) is 0 Å². The first-order valence-electron chi connectivity index (χ1n) is 5.62. The Morgan fingerprint density at radius 3 is 2.67 bits per heavy atom. The molecule has 0 bridgehead atoms. The van der Waals surface area contributed by atoms with E-state index in [4.69, 9.17) is 9.84 Å². The Bertz CT molecular complexity index is 580. The average Bonchev–Trinajstić information content (AvgIpc) is 2.38. The molecule has 0 aromatic heterocycles. The van der Waals surface area contributed by atoms with Crippen LogP contribution in [0, 0.1) is 11.7 Å². The topological polar surface area (TPSA) is 46.5 Å². The van der Waals surface area contributed by atoms with Gasteiger partial charge < -0.3 is 9.84 Å². The zero-order valence-corrected chi connectivity index (χ0v) is 9.89. The molecular formula is C14H13FO3. The maximum absolute atomic E-state index is 13.0. The average molecular weight is 248 g/mol. The molecule has 0 heterocycles. The van der Waals surface area contributed by atoms with Gasteiger partial charge in [0.2, 0.25) is 0 Å². The molecule has 0 radical (unpaired) electrons. The van der Waals surface area contributed by atoms with Crippen LogP contribution >= 0.6 is 0 Å². The van der Waals surface area contributed by atoms with Crippen LogP contribution in [0.3, 0.4) is 0 Å². The first-order chi connectivity index (χ1) is 8.60. The molecule has 18 heavy (non-hydrogen) atoms. The quantitative estimate of drug-likeness (QED) is 0.670. The fourth-order valence-corrected chi connectivity index (χ4v) is 1.55. The summed E-state index contributed by atoms with van der Waals surface area (Å²) in [6, 6.07) is 9.34. The fourth-order valence-electron chi connectivity index (χ4n) is 1.55. The first kappa shape index (κ1) is 12.5. The van der Waals surface area contributed by atoms with Crippen molar-refractivity contribution in [2.75, 3.05) is 6.61 Å². The molecule has 94 valence electrons. The number of fused-ring (bicyclic) bond motifs is 1. The predicted molar refractivity (Wildman–Crippen MR) is 65.8 cm³/mol. The number of aliphatic hydroxyl groups excluding tert-OH is 1. The van der Waals surface area contributed by atoms with Crippen molar-refractivity contribution in [3.05, 3.63) is 42.2 Å². The van der Waals surface area contributed by atoms with E-state index >= 15 is 0 Å². The number of benzene rings is 2. The summed E-state index contributed by atoms with van der Waals surface area (Å²) < 4.78 is 18.1. The number of rotatable bonds is 3. The van der Waals surface area contributed by atoms with Gasteiger partial charge in [-0.1, -0.05) is 12.1 Å². The summed E-state index contributed by atoms with van der Waals surface area (Å²) in [5.41, 5.74) is 0. The predicted octanol–water partition coefficient (Wildman–Crippen LogP) is 2.51. The largest absolute Gasteiger partial charge is 0.426 e. The molecule has 1 atom stereocenters. The lowest BCUT2D eigenvalue weighted by atomic mass is 10.1. The number of carbonyl (C=O) groups excluding carboxylic acids is 1. The highest BCUT2D eigenvalue weighted by atomic mass is 19.1. The van der Waals surface area contributed by atoms with Crippen LogP contribution in [0.25, 0.3) is 10.8 Å². The lowest BCUT2D eigenvalue weighted by molar-refractivity contribution is -0.139. The van der Waals surface area contributed by atoms with Crippen LogP contribution in [-0.4, -0.2) is 17.7 Å². The number of carbonyl (C=O) groups is 1. The van der Waals surface area contributed by atoms with E-state index in [0.29, 0.717) is 5.75 Å². The minimum absolute atomic E-state index is 0.252. The molecule has 1 unspecified atom stereocenters. The summed E-state index contributed by atoms with van der Waals surface area (Å²) in [7, 11) is 0. The molecule has 0 saturated carbocycles. The molecule has 0 aliphatic rings. The van der Waals surface area contributed by atoms with E-state index in [1.165, 1.54) is 12.1 Å². The third kappa shape index (κ3) is 2.65. The second-order valence-corrected chi connectivity index (χ2v) is 4.16. The van der Waals surface area contributed by atoms with Gasteiger partial charge in [0.1, 0.15) is 11.6 Å². The molecule has 0 spiro atoms. The van der Waals surface area contributed by atoms with E-state index < -0.39 is 11.9 Å². The van der Waals surface area contributed by atoms with Crippen LogP contribution in [0.5, 0.6) is 5.75 Å². The number of hydrogen-bond acceptors (Lipinski definition) is 3. The van der Waals surface area contributed by atoms with E-state index in [9.17, 15) is 9.18 Å². The maximum Gasteiger partial charge on any atom is 0.316 e. The van der Waals surface area contributed by atoms with E-state index in [0.717, 1.165) is 10.8 Å². The van der Waals surface area contributed by atoms with Crippen molar-refractivity contribution in [3.63, 3.8) is 0 Å². The highest BCUT2D eigenvalue weighted by Crippen LogP contribution is 2.22. The molecular weight excluding hydrogens is 235 g/mol. The standard InChI is InChI=1S/C14H13FO3/c1-9(8-16)14(17)18-13-5-3-10-6-12(15)4-2-11(10)7-13/h2-7,9,16H,8H2,1H3. The van der Waals surface area contributed by atoms with Gasteiger partial charge in [-0.05, 0) is 42.0 Å². The number of halogens is 1. The second kappa shape index (κ2) is 5.14.